The molecule has 0 bridgehead atoms. The van der Waals surface area contributed by atoms with Gasteiger partial charge in [0, 0.05) is 17.8 Å². The molecule has 0 aliphatic rings. The Morgan fingerprint density at radius 3 is 2.62 bits per heavy atom. The first-order chi connectivity index (χ1) is 10.0. The molecule has 0 saturated heterocycles. The Hall–Kier alpha value is -2.44. The van der Waals surface area contributed by atoms with Crippen LogP contribution in [0.2, 0.25) is 0 Å². The Labute approximate surface area is 123 Å². The van der Waals surface area contributed by atoms with Gasteiger partial charge < -0.3 is 4.74 Å². The molecule has 1 rings (SSSR count). The number of ether oxygens (including phenoxy) is 1. The fourth-order valence-electron chi connectivity index (χ4n) is 1.49. The first-order valence-corrected chi connectivity index (χ1v) is 6.72. The second kappa shape index (κ2) is 8.68. The van der Waals surface area contributed by atoms with Crippen LogP contribution in [0.3, 0.4) is 0 Å². The average Bonchev–Trinajstić information content (AvgIpc) is 2.49. The minimum absolute atomic E-state index is 0.0250. The standard InChI is InChI=1S/C14H19N3O4/c1-3-4-5-11(2)15-16-14(18)10-21-13-8-6-12(7-9-13)17(19)20/h6-9H,3-5,10H2,1-2H3,(H,16,18)/b15-11+. The number of amides is 1. The lowest BCUT2D eigenvalue weighted by atomic mass is 10.2. The molecule has 0 spiro atoms. The number of rotatable bonds is 8. The van der Waals surface area contributed by atoms with Gasteiger partial charge in [0.2, 0.25) is 0 Å². The van der Waals surface area contributed by atoms with Crippen molar-refractivity contribution in [3.63, 3.8) is 0 Å². The van der Waals surface area contributed by atoms with E-state index in [1.54, 1.807) is 0 Å². The van der Waals surface area contributed by atoms with Crippen molar-refractivity contribution in [2.45, 2.75) is 33.1 Å². The molecule has 21 heavy (non-hydrogen) atoms. The van der Waals surface area contributed by atoms with Gasteiger partial charge in [0.1, 0.15) is 5.75 Å². The van der Waals surface area contributed by atoms with Gasteiger partial charge in [-0.15, -0.1) is 0 Å². The van der Waals surface area contributed by atoms with Crippen molar-refractivity contribution in [2.24, 2.45) is 5.10 Å². The molecule has 0 heterocycles. The van der Waals surface area contributed by atoms with Crippen LogP contribution in [0.5, 0.6) is 5.75 Å². The molecule has 1 amide bonds. The quantitative estimate of drug-likeness (QED) is 0.453. The summed E-state index contributed by atoms with van der Waals surface area (Å²) in [5, 5.41) is 14.4. The first-order valence-electron chi connectivity index (χ1n) is 6.72. The topological polar surface area (TPSA) is 93.8 Å². The molecule has 114 valence electrons. The van der Waals surface area contributed by atoms with E-state index in [1.165, 1.54) is 24.3 Å². The number of unbranched alkanes of at least 4 members (excludes halogenated alkanes) is 1. The lowest BCUT2D eigenvalue weighted by Crippen LogP contribution is -2.25. The molecule has 0 radical (unpaired) electrons. The number of carbonyl (C=O) groups excluding carboxylic acids is 1. The van der Waals surface area contributed by atoms with Gasteiger partial charge in [0.15, 0.2) is 6.61 Å². The minimum atomic E-state index is -0.496. The van der Waals surface area contributed by atoms with Gasteiger partial charge in [-0.25, -0.2) is 5.43 Å². The van der Waals surface area contributed by atoms with Crippen LogP contribution in [-0.2, 0) is 4.79 Å². The van der Waals surface area contributed by atoms with E-state index in [1.807, 2.05) is 6.92 Å². The smallest absolute Gasteiger partial charge is 0.277 e. The summed E-state index contributed by atoms with van der Waals surface area (Å²) in [6.07, 6.45) is 2.95. The van der Waals surface area contributed by atoms with Crippen LogP contribution in [0, 0.1) is 10.1 Å². The molecule has 0 aromatic heterocycles. The highest BCUT2D eigenvalue weighted by Crippen LogP contribution is 2.16. The summed E-state index contributed by atoms with van der Waals surface area (Å²) in [6.45, 7) is 3.75. The summed E-state index contributed by atoms with van der Waals surface area (Å²) < 4.78 is 5.21. The van der Waals surface area contributed by atoms with E-state index in [0.29, 0.717) is 5.75 Å². The number of benzene rings is 1. The number of hydrogen-bond donors (Lipinski definition) is 1. The SMILES string of the molecule is CCCC/C(C)=N/NC(=O)COc1ccc([N+](=O)[O-])cc1. The summed E-state index contributed by atoms with van der Waals surface area (Å²) >= 11 is 0. The normalized spacial score (nSPS) is 11.0. The summed E-state index contributed by atoms with van der Waals surface area (Å²) in [7, 11) is 0. The van der Waals surface area contributed by atoms with Crippen molar-refractivity contribution in [2.75, 3.05) is 6.61 Å². The Morgan fingerprint density at radius 2 is 2.05 bits per heavy atom. The van der Waals surface area contributed by atoms with E-state index in [2.05, 4.69) is 17.5 Å². The Balaban J connectivity index is 2.37. The van der Waals surface area contributed by atoms with Gasteiger partial charge in [-0.05, 0) is 31.9 Å². The van der Waals surface area contributed by atoms with E-state index in [4.69, 9.17) is 4.74 Å². The second-order valence-corrected chi connectivity index (χ2v) is 4.53. The average molecular weight is 293 g/mol. The highest BCUT2D eigenvalue weighted by Gasteiger charge is 2.06. The Kier molecular flexibility index (Phi) is 6.86. The number of nitro benzene ring substituents is 1. The number of nitrogens with one attached hydrogen (secondary N) is 1. The molecule has 0 fully saturated rings. The minimum Gasteiger partial charge on any atom is -0.484 e. The highest BCUT2D eigenvalue weighted by molar-refractivity contribution is 5.84. The number of non-ortho nitro benzene ring substituents is 1. The molecule has 0 aliphatic heterocycles. The van der Waals surface area contributed by atoms with Crippen LogP contribution in [0.25, 0.3) is 0 Å². The summed E-state index contributed by atoms with van der Waals surface area (Å²) in [4.78, 5) is 21.5. The molecule has 1 N–H and O–H groups in total. The lowest BCUT2D eigenvalue weighted by Gasteiger charge is -2.05. The van der Waals surface area contributed by atoms with Crippen LogP contribution >= 0.6 is 0 Å². The lowest BCUT2D eigenvalue weighted by molar-refractivity contribution is -0.384. The van der Waals surface area contributed by atoms with E-state index < -0.39 is 4.92 Å². The molecule has 1 aromatic rings. The number of hydrazone groups is 1. The van der Waals surface area contributed by atoms with Crippen LogP contribution in [0.1, 0.15) is 33.1 Å². The van der Waals surface area contributed by atoms with Crippen molar-refractivity contribution in [1.29, 1.82) is 0 Å². The number of nitro groups is 1. The van der Waals surface area contributed by atoms with Crippen molar-refractivity contribution >= 4 is 17.3 Å². The molecule has 1 aromatic carbocycles. The van der Waals surface area contributed by atoms with Crippen molar-refractivity contribution in [3.8, 4) is 5.75 Å². The summed E-state index contributed by atoms with van der Waals surface area (Å²) in [6, 6.07) is 5.53. The fraction of sp³-hybridized carbons (Fsp3) is 0.429. The maximum atomic E-state index is 11.5. The monoisotopic (exact) mass is 293 g/mol. The zero-order chi connectivity index (χ0) is 15.7. The predicted octanol–water partition coefficient (Wildman–Crippen LogP) is 2.66. The maximum Gasteiger partial charge on any atom is 0.277 e. The Morgan fingerprint density at radius 1 is 1.38 bits per heavy atom. The van der Waals surface area contributed by atoms with Gasteiger partial charge in [-0.1, -0.05) is 13.3 Å². The molecule has 0 unspecified atom stereocenters. The largest absolute Gasteiger partial charge is 0.484 e. The van der Waals surface area contributed by atoms with Crippen molar-refractivity contribution < 1.29 is 14.5 Å². The number of carbonyl (C=O) groups is 1. The maximum absolute atomic E-state index is 11.5. The molecule has 0 aliphatic carbocycles. The number of hydrogen-bond acceptors (Lipinski definition) is 5. The molecule has 7 heteroatoms. The predicted molar refractivity (Wildman–Crippen MR) is 79.4 cm³/mol. The first kappa shape index (κ1) is 16.6. The van der Waals surface area contributed by atoms with Crippen molar-refractivity contribution in [3.05, 3.63) is 34.4 Å². The van der Waals surface area contributed by atoms with Crippen LogP contribution in [0.15, 0.2) is 29.4 Å². The third-order valence-corrected chi connectivity index (χ3v) is 2.68. The van der Waals surface area contributed by atoms with E-state index in [0.717, 1.165) is 25.0 Å². The van der Waals surface area contributed by atoms with Gasteiger partial charge >= 0.3 is 0 Å². The van der Waals surface area contributed by atoms with Crippen LogP contribution < -0.4 is 10.2 Å². The Bertz CT molecular complexity index is 511. The van der Waals surface area contributed by atoms with Crippen molar-refractivity contribution in [1.82, 2.24) is 5.43 Å². The molecule has 0 atom stereocenters. The van der Waals surface area contributed by atoms with Crippen LogP contribution in [-0.4, -0.2) is 23.1 Å². The van der Waals surface area contributed by atoms with Gasteiger partial charge in [-0.3, -0.25) is 14.9 Å². The molecular weight excluding hydrogens is 274 g/mol. The zero-order valence-corrected chi connectivity index (χ0v) is 12.2. The van der Waals surface area contributed by atoms with Gasteiger partial charge in [-0.2, -0.15) is 5.10 Å². The van der Waals surface area contributed by atoms with Gasteiger partial charge in [0.25, 0.3) is 11.6 Å². The highest BCUT2D eigenvalue weighted by atomic mass is 16.6. The molecule has 7 nitrogen and oxygen atoms in total. The van der Waals surface area contributed by atoms with E-state index in [9.17, 15) is 14.9 Å². The number of nitrogens with zero attached hydrogens (tertiary/aromatic N) is 2. The summed E-state index contributed by atoms with van der Waals surface area (Å²) in [5.74, 6) is 0.0200. The summed E-state index contributed by atoms with van der Waals surface area (Å²) in [5.41, 5.74) is 3.24. The molecular formula is C14H19N3O4. The van der Waals surface area contributed by atoms with E-state index >= 15 is 0 Å². The fourth-order valence-corrected chi connectivity index (χ4v) is 1.49. The third kappa shape index (κ3) is 6.51. The van der Waals surface area contributed by atoms with Gasteiger partial charge in [0.05, 0.1) is 4.92 Å². The second-order valence-electron chi connectivity index (χ2n) is 4.53. The molecule has 0 saturated carbocycles. The van der Waals surface area contributed by atoms with E-state index in [-0.39, 0.29) is 18.2 Å². The zero-order valence-electron chi connectivity index (χ0n) is 12.2. The van der Waals surface area contributed by atoms with Crippen LogP contribution in [0.4, 0.5) is 5.69 Å². The third-order valence-electron chi connectivity index (χ3n) is 2.68.